The Hall–Kier alpha value is -2.26. The monoisotopic (exact) mass is 431 g/mol. The van der Waals surface area contributed by atoms with Gasteiger partial charge in [-0.25, -0.2) is 18.4 Å². The number of carboxylic acids is 1. The Bertz CT molecular complexity index is 1090. The first-order chi connectivity index (χ1) is 13.3. The van der Waals surface area contributed by atoms with E-state index in [-0.39, 0.29) is 10.5 Å². The predicted molar refractivity (Wildman–Crippen MR) is 111 cm³/mol. The predicted octanol–water partition coefficient (Wildman–Crippen LogP) is 4.48. The molecule has 3 aromatic rings. The van der Waals surface area contributed by atoms with Gasteiger partial charge in [-0.2, -0.15) is 0 Å². The first kappa shape index (κ1) is 20.5. The van der Waals surface area contributed by atoms with Crippen molar-refractivity contribution in [2.75, 3.05) is 0 Å². The highest BCUT2D eigenvalue weighted by Gasteiger charge is 2.22. The number of carboxylic acid groups (broad SMARTS) is 1. The molecule has 0 saturated carbocycles. The lowest BCUT2D eigenvalue weighted by molar-refractivity contribution is 0.0696. The molecule has 3 N–H and O–H groups in total. The number of aromatic carboxylic acids is 1. The van der Waals surface area contributed by atoms with Crippen LogP contribution < -0.4 is 5.14 Å². The van der Waals surface area contributed by atoms with Gasteiger partial charge < -0.3 is 5.11 Å². The van der Waals surface area contributed by atoms with Crippen molar-refractivity contribution in [2.45, 2.75) is 25.3 Å². The lowest BCUT2D eigenvalue weighted by Gasteiger charge is -2.14. The maximum atomic E-state index is 12.2. The normalized spacial score (nSPS) is 11.3. The van der Waals surface area contributed by atoms with Gasteiger partial charge in [0.05, 0.1) is 10.5 Å². The van der Waals surface area contributed by atoms with E-state index in [1.807, 2.05) is 60.7 Å². The number of nitrogens with two attached hydrogens (primary N) is 1. The smallest absolute Gasteiger partial charge is 0.335 e. The molecule has 0 aromatic heterocycles. The number of thioether (sulfide) groups is 1. The van der Waals surface area contributed by atoms with E-state index in [0.29, 0.717) is 15.5 Å². The minimum atomic E-state index is -4.11. The molecule has 0 saturated heterocycles. The first-order valence-electron chi connectivity index (χ1n) is 8.18. The molecule has 28 heavy (non-hydrogen) atoms. The molecular weight excluding hydrogens is 414 g/mol. The van der Waals surface area contributed by atoms with E-state index in [4.69, 9.17) is 5.14 Å². The minimum absolute atomic E-state index is 0.114. The first-order valence-corrected chi connectivity index (χ1v) is 11.5. The molecule has 0 aliphatic carbocycles. The highest BCUT2D eigenvalue weighted by molar-refractivity contribution is 8.02. The van der Waals surface area contributed by atoms with E-state index in [1.54, 1.807) is 0 Å². The number of rotatable bonds is 7. The molecule has 3 aromatic carbocycles. The summed E-state index contributed by atoms with van der Waals surface area (Å²) in [6.07, 6.45) is 0. The summed E-state index contributed by atoms with van der Waals surface area (Å²) in [4.78, 5) is 13.2. The van der Waals surface area contributed by atoms with E-state index >= 15 is 0 Å². The van der Waals surface area contributed by atoms with Crippen molar-refractivity contribution in [3.8, 4) is 0 Å². The van der Waals surface area contributed by atoms with Crippen LogP contribution in [0.3, 0.4) is 0 Å². The minimum Gasteiger partial charge on any atom is -0.478 e. The fraction of sp³-hybridized carbons (Fsp3) is 0.0500. The lowest BCUT2D eigenvalue weighted by atomic mass is 10.2. The van der Waals surface area contributed by atoms with Crippen LogP contribution in [-0.2, 0) is 15.8 Å². The molecule has 144 valence electrons. The average Bonchev–Trinajstić information content (AvgIpc) is 2.67. The summed E-state index contributed by atoms with van der Waals surface area (Å²) in [6, 6.07) is 21.5. The third kappa shape index (κ3) is 5.17. The van der Waals surface area contributed by atoms with Gasteiger partial charge in [-0.15, -0.1) is 11.8 Å². The number of carbonyl (C=O) groups is 1. The van der Waals surface area contributed by atoms with Gasteiger partial charge in [-0.3, -0.25) is 0 Å². The highest BCUT2D eigenvalue weighted by atomic mass is 32.2. The lowest BCUT2D eigenvalue weighted by Crippen LogP contribution is -2.15. The molecule has 0 unspecified atom stereocenters. The maximum Gasteiger partial charge on any atom is 0.335 e. The zero-order chi connectivity index (χ0) is 20.1. The van der Waals surface area contributed by atoms with Crippen molar-refractivity contribution in [3.63, 3.8) is 0 Å². The molecular formula is C20H17NO4S3. The van der Waals surface area contributed by atoms with Crippen LogP contribution in [0.15, 0.2) is 92.4 Å². The maximum absolute atomic E-state index is 12.2. The number of benzene rings is 3. The van der Waals surface area contributed by atoms with Gasteiger partial charge >= 0.3 is 5.97 Å². The zero-order valence-electron chi connectivity index (χ0n) is 14.6. The Labute approximate surface area is 172 Å². The quantitative estimate of drug-likeness (QED) is 0.536. The molecule has 0 amide bonds. The van der Waals surface area contributed by atoms with Gasteiger partial charge in [0.25, 0.3) is 0 Å². The van der Waals surface area contributed by atoms with Crippen LogP contribution in [0.2, 0.25) is 0 Å². The summed E-state index contributed by atoms with van der Waals surface area (Å²) in [5.74, 6) is -0.640. The Kier molecular flexibility index (Phi) is 6.46. The topological polar surface area (TPSA) is 97.5 Å². The fourth-order valence-corrected chi connectivity index (χ4v) is 5.77. The summed E-state index contributed by atoms with van der Waals surface area (Å²) >= 11 is 2.63. The third-order valence-corrected chi connectivity index (χ3v) is 7.23. The van der Waals surface area contributed by atoms with E-state index in [0.717, 1.165) is 16.5 Å². The van der Waals surface area contributed by atoms with Crippen LogP contribution in [0, 0.1) is 0 Å². The largest absolute Gasteiger partial charge is 0.478 e. The van der Waals surface area contributed by atoms with Gasteiger partial charge in [0.2, 0.25) is 10.0 Å². The molecule has 0 atom stereocenters. The number of hydrogen-bond donors (Lipinski definition) is 2. The van der Waals surface area contributed by atoms with Crippen molar-refractivity contribution in [2.24, 2.45) is 5.14 Å². The standard InChI is InChI=1S/C20H17NO4S3/c21-28(24,25)18-12-15(20(22)23)11-17(26-13-14-7-3-1-4-8-14)19(18)27-16-9-5-2-6-10-16/h1-12H,13H2,(H,22,23)(H2,21,24,25). The third-order valence-electron chi connectivity index (χ3n) is 3.77. The molecule has 0 aliphatic rings. The van der Waals surface area contributed by atoms with Gasteiger partial charge in [-0.1, -0.05) is 60.3 Å². The van der Waals surface area contributed by atoms with Gasteiger partial charge in [0, 0.05) is 20.4 Å². The molecule has 8 heteroatoms. The van der Waals surface area contributed by atoms with Gasteiger partial charge in [-0.05, 0) is 29.8 Å². The van der Waals surface area contributed by atoms with Crippen molar-refractivity contribution >= 4 is 39.5 Å². The summed E-state index contributed by atoms with van der Waals surface area (Å²) in [5, 5.41) is 14.8. The highest BCUT2D eigenvalue weighted by Crippen LogP contribution is 2.41. The van der Waals surface area contributed by atoms with Crippen LogP contribution >= 0.6 is 23.5 Å². The second kappa shape index (κ2) is 8.83. The number of sulfonamides is 1. The van der Waals surface area contributed by atoms with Crippen molar-refractivity contribution in [3.05, 3.63) is 83.9 Å². The summed E-state index contributed by atoms with van der Waals surface area (Å²) in [7, 11) is -4.11. The molecule has 0 aliphatic heterocycles. The van der Waals surface area contributed by atoms with E-state index in [2.05, 4.69) is 0 Å². The van der Waals surface area contributed by atoms with E-state index < -0.39 is 16.0 Å². The molecule has 5 nitrogen and oxygen atoms in total. The Balaban J connectivity index is 2.10. The molecule has 3 rings (SSSR count). The summed E-state index contributed by atoms with van der Waals surface area (Å²) in [6.45, 7) is 0. The van der Waals surface area contributed by atoms with Gasteiger partial charge in [0.1, 0.15) is 0 Å². The van der Waals surface area contributed by atoms with Crippen LogP contribution in [0.1, 0.15) is 15.9 Å². The zero-order valence-corrected chi connectivity index (χ0v) is 17.1. The van der Waals surface area contributed by atoms with Crippen molar-refractivity contribution in [1.82, 2.24) is 0 Å². The Morgan fingerprint density at radius 2 is 1.57 bits per heavy atom. The fourth-order valence-electron chi connectivity index (χ4n) is 2.46. The molecule has 0 heterocycles. The number of hydrogen-bond acceptors (Lipinski definition) is 5. The molecule has 0 fully saturated rings. The molecule has 0 radical (unpaired) electrons. The molecule has 0 bridgehead atoms. The second-order valence-corrected chi connectivity index (χ2v) is 9.47. The van der Waals surface area contributed by atoms with Crippen LogP contribution in [0.5, 0.6) is 0 Å². The van der Waals surface area contributed by atoms with Crippen LogP contribution in [-0.4, -0.2) is 19.5 Å². The Morgan fingerprint density at radius 1 is 0.964 bits per heavy atom. The Morgan fingerprint density at radius 3 is 2.14 bits per heavy atom. The van der Waals surface area contributed by atoms with Crippen molar-refractivity contribution < 1.29 is 18.3 Å². The van der Waals surface area contributed by atoms with E-state index in [9.17, 15) is 18.3 Å². The SMILES string of the molecule is NS(=O)(=O)c1cc(C(=O)O)cc(SCc2ccccc2)c1Sc1ccccc1. The average molecular weight is 432 g/mol. The second-order valence-electron chi connectivity index (χ2n) is 5.84. The van der Waals surface area contributed by atoms with Crippen LogP contribution in [0.4, 0.5) is 0 Å². The summed E-state index contributed by atoms with van der Waals surface area (Å²) in [5.41, 5.74) is 0.929. The van der Waals surface area contributed by atoms with E-state index in [1.165, 1.54) is 29.6 Å². The van der Waals surface area contributed by atoms with Gasteiger partial charge in [0.15, 0.2) is 0 Å². The van der Waals surface area contributed by atoms with Crippen LogP contribution in [0.25, 0.3) is 0 Å². The number of primary sulfonamides is 1. The summed E-state index contributed by atoms with van der Waals surface area (Å²) < 4.78 is 24.4. The van der Waals surface area contributed by atoms with Crippen molar-refractivity contribution in [1.29, 1.82) is 0 Å². The molecule has 0 spiro atoms.